The zero-order valence-electron chi connectivity index (χ0n) is 23.2. The van der Waals surface area contributed by atoms with E-state index in [0.29, 0.717) is 118 Å². The van der Waals surface area contributed by atoms with Crippen LogP contribution in [-0.4, -0.2) is 145 Å². The Labute approximate surface area is 226 Å². The lowest BCUT2D eigenvalue weighted by Crippen LogP contribution is -2.18. The molecule has 0 aromatic carbocycles. The van der Waals surface area contributed by atoms with Gasteiger partial charge in [-0.1, -0.05) is 21.3 Å². The van der Waals surface area contributed by atoms with E-state index in [-0.39, 0.29) is 14.0 Å². The summed E-state index contributed by atoms with van der Waals surface area (Å²) in [6.45, 7) is 14.9. The van der Waals surface area contributed by atoms with Gasteiger partial charge in [-0.05, 0) is 6.42 Å². The van der Waals surface area contributed by atoms with E-state index in [9.17, 15) is 0 Å². The maximum Gasteiger partial charge on any atom is 0.0701 e. The number of hydrogen-bond donors (Lipinski definition) is 1. The van der Waals surface area contributed by atoms with Gasteiger partial charge < -0.3 is 52.5 Å². The van der Waals surface area contributed by atoms with Crippen LogP contribution in [0.5, 0.6) is 0 Å². The van der Waals surface area contributed by atoms with Gasteiger partial charge in [0.2, 0.25) is 0 Å². The fraction of sp³-hybridized carbons (Fsp3) is 1.00. The maximum absolute atomic E-state index is 8.53. The molecule has 11 heteroatoms. The standard InChI is InChI=1S/C17H36O8.C8H18O3.CH4/c1-17(15-24-13-11-22-8-7-20-4-3-18)16-25-14-12-23-10-9-21-6-5-19-2;1-3-4-10-7-8-11-6-5-9-2;/h17-18H,3-16H2,1-2H3;3-8H2,1-2H3;1H4. The second kappa shape index (κ2) is 40.1. The van der Waals surface area contributed by atoms with E-state index in [1.165, 1.54) is 0 Å². The number of methoxy groups -OCH3 is 2. The van der Waals surface area contributed by atoms with Gasteiger partial charge in [0.1, 0.15) is 0 Å². The van der Waals surface area contributed by atoms with Crippen LogP contribution in [0.15, 0.2) is 0 Å². The smallest absolute Gasteiger partial charge is 0.0701 e. The molecule has 0 amide bonds. The zero-order valence-corrected chi connectivity index (χ0v) is 23.2. The third kappa shape index (κ3) is 42.9. The molecule has 0 aliphatic carbocycles. The molecule has 0 saturated carbocycles. The minimum Gasteiger partial charge on any atom is -0.394 e. The Morgan fingerprint density at radius 1 is 0.459 bits per heavy atom. The first kappa shape index (κ1) is 41.0. The van der Waals surface area contributed by atoms with Crippen molar-refractivity contribution in [3.63, 3.8) is 0 Å². The van der Waals surface area contributed by atoms with Crippen LogP contribution in [0.25, 0.3) is 0 Å². The molecule has 228 valence electrons. The van der Waals surface area contributed by atoms with Gasteiger partial charge in [0, 0.05) is 26.7 Å². The molecule has 1 atom stereocenters. The van der Waals surface area contributed by atoms with Gasteiger partial charge in [-0.2, -0.15) is 0 Å². The average molecular weight is 547 g/mol. The Kier molecular flexibility index (Phi) is 44.4. The van der Waals surface area contributed by atoms with Crippen LogP contribution >= 0.6 is 0 Å². The maximum atomic E-state index is 8.53. The first-order valence-corrected chi connectivity index (χ1v) is 12.9. The van der Waals surface area contributed by atoms with Crippen molar-refractivity contribution in [2.24, 2.45) is 5.92 Å². The lowest BCUT2D eigenvalue weighted by Gasteiger charge is -2.13. The number of aliphatic hydroxyl groups is 1. The Morgan fingerprint density at radius 2 is 0.757 bits per heavy atom. The normalized spacial score (nSPS) is 11.6. The number of rotatable bonds is 29. The monoisotopic (exact) mass is 546 g/mol. The zero-order chi connectivity index (χ0) is 26.8. The summed E-state index contributed by atoms with van der Waals surface area (Å²) in [6.07, 6.45) is 1.07. The number of aliphatic hydroxyl groups excluding tert-OH is 1. The molecular formula is C26H58O11. The third-order valence-electron chi connectivity index (χ3n) is 4.11. The van der Waals surface area contributed by atoms with Crippen LogP contribution in [0.4, 0.5) is 0 Å². The lowest BCUT2D eigenvalue weighted by atomic mass is 10.2. The summed E-state index contributed by atoms with van der Waals surface area (Å²) in [5.74, 6) is 0.324. The molecule has 0 aliphatic rings. The highest BCUT2D eigenvalue weighted by Crippen LogP contribution is 1.97. The predicted molar refractivity (Wildman–Crippen MR) is 144 cm³/mol. The quantitative estimate of drug-likeness (QED) is 0.139. The van der Waals surface area contributed by atoms with Crippen molar-refractivity contribution >= 4 is 0 Å². The van der Waals surface area contributed by atoms with E-state index in [4.69, 9.17) is 52.5 Å². The Balaban J connectivity index is -0.000000811. The predicted octanol–water partition coefficient (Wildman–Crippen LogP) is 2.07. The average Bonchev–Trinajstić information content (AvgIpc) is 2.88. The van der Waals surface area contributed by atoms with Crippen molar-refractivity contribution in [2.45, 2.75) is 27.7 Å². The molecule has 37 heavy (non-hydrogen) atoms. The van der Waals surface area contributed by atoms with E-state index < -0.39 is 0 Å². The van der Waals surface area contributed by atoms with Crippen LogP contribution < -0.4 is 0 Å². The van der Waals surface area contributed by atoms with Crippen molar-refractivity contribution in [2.75, 3.05) is 140 Å². The molecule has 0 aromatic rings. The fourth-order valence-electron chi connectivity index (χ4n) is 2.31. The van der Waals surface area contributed by atoms with Crippen molar-refractivity contribution in [1.29, 1.82) is 0 Å². The molecule has 0 rings (SSSR count). The molecule has 1 unspecified atom stereocenters. The fourth-order valence-corrected chi connectivity index (χ4v) is 2.31. The lowest BCUT2D eigenvalue weighted by molar-refractivity contribution is -0.0178. The largest absolute Gasteiger partial charge is 0.394 e. The molecular weight excluding hydrogens is 488 g/mol. The first-order valence-electron chi connectivity index (χ1n) is 12.9. The molecule has 0 aliphatic heterocycles. The van der Waals surface area contributed by atoms with E-state index in [1.54, 1.807) is 14.2 Å². The van der Waals surface area contributed by atoms with Crippen LogP contribution in [0.3, 0.4) is 0 Å². The highest BCUT2D eigenvalue weighted by Gasteiger charge is 2.02. The Morgan fingerprint density at radius 3 is 1.08 bits per heavy atom. The molecule has 0 aromatic heterocycles. The topological polar surface area (TPSA) is 113 Å². The number of ether oxygens (including phenoxy) is 10. The van der Waals surface area contributed by atoms with Gasteiger partial charge >= 0.3 is 0 Å². The molecule has 11 nitrogen and oxygen atoms in total. The molecule has 0 heterocycles. The highest BCUT2D eigenvalue weighted by atomic mass is 16.6. The van der Waals surface area contributed by atoms with Gasteiger partial charge in [-0.3, -0.25) is 0 Å². The van der Waals surface area contributed by atoms with Crippen molar-refractivity contribution in [3.05, 3.63) is 0 Å². The van der Waals surface area contributed by atoms with Crippen LogP contribution in [-0.2, 0) is 47.4 Å². The summed E-state index contributed by atoms with van der Waals surface area (Å²) in [5, 5.41) is 8.53. The molecule has 0 spiro atoms. The van der Waals surface area contributed by atoms with E-state index in [2.05, 4.69) is 13.8 Å². The Bertz CT molecular complexity index is 357. The minimum absolute atomic E-state index is 0. The summed E-state index contributed by atoms with van der Waals surface area (Å²) in [7, 11) is 3.31. The molecule has 0 radical (unpaired) electrons. The van der Waals surface area contributed by atoms with Gasteiger partial charge in [-0.15, -0.1) is 0 Å². The highest BCUT2D eigenvalue weighted by molar-refractivity contribution is 4.49. The first-order chi connectivity index (χ1) is 17.7. The van der Waals surface area contributed by atoms with E-state index in [1.807, 2.05) is 0 Å². The summed E-state index contributed by atoms with van der Waals surface area (Å²) < 4.78 is 52.2. The summed E-state index contributed by atoms with van der Waals surface area (Å²) >= 11 is 0. The van der Waals surface area contributed by atoms with Crippen molar-refractivity contribution < 1.29 is 52.5 Å². The second-order valence-corrected chi connectivity index (χ2v) is 7.64. The SMILES string of the molecule is C.CCCOCCOCCOC.COCCOCCOCCOCC(C)COCCOCCOCCO. The molecule has 1 N–H and O–H groups in total. The van der Waals surface area contributed by atoms with Crippen molar-refractivity contribution in [1.82, 2.24) is 0 Å². The molecule has 0 saturated heterocycles. The van der Waals surface area contributed by atoms with Crippen LogP contribution in [0.2, 0.25) is 0 Å². The van der Waals surface area contributed by atoms with Gasteiger partial charge in [0.05, 0.1) is 119 Å². The van der Waals surface area contributed by atoms with Crippen molar-refractivity contribution in [3.8, 4) is 0 Å². The van der Waals surface area contributed by atoms with Gasteiger partial charge in [-0.25, -0.2) is 0 Å². The summed E-state index contributed by atoms with van der Waals surface area (Å²) in [4.78, 5) is 0. The Hall–Kier alpha value is -0.440. The summed E-state index contributed by atoms with van der Waals surface area (Å²) in [6, 6.07) is 0. The van der Waals surface area contributed by atoms with Crippen LogP contribution in [0.1, 0.15) is 27.7 Å². The van der Waals surface area contributed by atoms with Gasteiger partial charge in [0.15, 0.2) is 0 Å². The van der Waals surface area contributed by atoms with Gasteiger partial charge in [0.25, 0.3) is 0 Å². The van der Waals surface area contributed by atoms with E-state index in [0.717, 1.165) is 13.0 Å². The van der Waals surface area contributed by atoms with Crippen LogP contribution in [0, 0.1) is 5.92 Å². The third-order valence-corrected chi connectivity index (χ3v) is 4.11. The second-order valence-electron chi connectivity index (χ2n) is 7.64. The minimum atomic E-state index is 0. The number of hydrogen-bond acceptors (Lipinski definition) is 11. The molecule has 0 bridgehead atoms. The molecule has 0 fully saturated rings. The summed E-state index contributed by atoms with van der Waals surface area (Å²) in [5.41, 5.74) is 0. The van der Waals surface area contributed by atoms with E-state index >= 15 is 0 Å².